The Balaban J connectivity index is 1.85. The van der Waals surface area contributed by atoms with Crippen LogP contribution in [0.1, 0.15) is 43.1 Å². The van der Waals surface area contributed by atoms with Crippen LogP contribution in [0, 0.1) is 17.5 Å². The molecule has 2 aromatic carbocycles. The van der Waals surface area contributed by atoms with Crippen molar-refractivity contribution < 1.29 is 32.3 Å². The molecule has 0 saturated carbocycles. The van der Waals surface area contributed by atoms with Gasteiger partial charge >= 0.3 is 6.09 Å². The monoisotopic (exact) mass is 451 g/mol. The highest BCUT2D eigenvalue weighted by atomic mass is 19.2. The van der Waals surface area contributed by atoms with Crippen LogP contribution in [0.3, 0.4) is 0 Å². The van der Waals surface area contributed by atoms with E-state index in [4.69, 9.17) is 4.74 Å². The van der Waals surface area contributed by atoms with Crippen molar-refractivity contribution in [1.82, 2.24) is 10.6 Å². The minimum Gasteiger partial charge on any atom is -0.444 e. The zero-order valence-electron chi connectivity index (χ0n) is 17.9. The normalized spacial score (nSPS) is 10.9. The van der Waals surface area contributed by atoms with Gasteiger partial charge in [-0.05, 0) is 50.6 Å². The predicted molar refractivity (Wildman–Crippen MR) is 111 cm³/mol. The standard InChI is InChI=1S/C22H24F3N3O4/c1-22(2,3)32-21(31)26-10-9-17(29)27-12-13-5-4-6-14(11-13)28-20(30)15-7-8-16(23)19(25)18(15)24/h4-8,11H,9-10,12H2,1-3H3,(H,26,31)(H,27,29)(H,28,30). The lowest BCUT2D eigenvalue weighted by Crippen LogP contribution is -2.35. The molecule has 0 aliphatic heterocycles. The summed E-state index contributed by atoms with van der Waals surface area (Å²) in [6.07, 6.45) is -0.586. The Morgan fingerprint density at radius 1 is 0.969 bits per heavy atom. The van der Waals surface area contributed by atoms with E-state index in [1.54, 1.807) is 32.9 Å². The molecule has 10 heteroatoms. The van der Waals surface area contributed by atoms with E-state index in [9.17, 15) is 27.6 Å². The summed E-state index contributed by atoms with van der Waals surface area (Å²) in [6, 6.07) is 7.85. The molecule has 0 fully saturated rings. The second kappa shape index (κ2) is 10.7. The fraction of sp³-hybridized carbons (Fsp3) is 0.318. The largest absolute Gasteiger partial charge is 0.444 e. The number of carbonyl (C=O) groups excluding carboxylic acids is 3. The van der Waals surface area contributed by atoms with Gasteiger partial charge in [0.1, 0.15) is 5.60 Å². The molecule has 0 aromatic heterocycles. The van der Waals surface area contributed by atoms with E-state index in [1.165, 1.54) is 12.1 Å². The molecule has 2 rings (SSSR count). The molecule has 172 valence electrons. The van der Waals surface area contributed by atoms with Crippen LogP contribution in [0.25, 0.3) is 0 Å². The second-order valence-electron chi connectivity index (χ2n) is 7.83. The van der Waals surface area contributed by atoms with Crippen molar-refractivity contribution in [2.75, 3.05) is 11.9 Å². The minimum atomic E-state index is -1.73. The summed E-state index contributed by atoms with van der Waals surface area (Å²) in [6.45, 7) is 5.41. The van der Waals surface area contributed by atoms with E-state index in [1.807, 2.05) is 0 Å². The molecule has 0 atom stereocenters. The topological polar surface area (TPSA) is 96.5 Å². The lowest BCUT2D eigenvalue weighted by atomic mass is 10.1. The maximum atomic E-state index is 13.8. The van der Waals surface area contributed by atoms with Gasteiger partial charge in [0.25, 0.3) is 5.91 Å². The van der Waals surface area contributed by atoms with Gasteiger partial charge in [0.2, 0.25) is 5.91 Å². The molecule has 0 heterocycles. The van der Waals surface area contributed by atoms with E-state index in [2.05, 4.69) is 16.0 Å². The van der Waals surface area contributed by atoms with Gasteiger partial charge < -0.3 is 20.7 Å². The number of alkyl carbamates (subject to hydrolysis) is 1. The highest BCUT2D eigenvalue weighted by Gasteiger charge is 2.19. The first-order valence-electron chi connectivity index (χ1n) is 9.73. The summed E-state index contributed by atoms with van der Waals surface area (Å²) in [7, 11) is 0. The Hall–Kier alpha value is -3.56. The van der Waals surface area contributed by atoms with Crippen LogP contribution in [0.4, 0.5) is 23.7 Å². The van der Waals surface area contributed by atoms with Crippen LogP contribution in [0.2, 0.25) is 0 Å². The number of anilines is 1. The Bertz CT molecular complexity index is 1010. The van der Waals surface area contributed by atoms with E-state index >= 15 is 0 Å². The summed E-state index contributed by atoms with van der Waals surface area (Å²) in [4.78, 5) is 35.7. The van der Waals surface area contributed by atoms with E-state index in [-0.39, 0.29) is 31.1 Å². The quantitative estimate of drug-likeness (QED) is 0.557. The molecule has 0 bridgehead atoms. The molecule has 0 aliphatic rings. The Labute approximate surface area is 183 Å². The third-order valence-electron chi connectivity index (χ3n) is 3.97. The van der Waals surface area contributed by atoms with Crippen LogP contribution in [0.5, 0.6) is 0 Å². The molecule has 7 nitrogen and oxygen atoms in total. The highest BCUT2D eigenvalue weighted by Crippen LogP contribution is 2.18. The van der Waals surface area contributed by atoms with E-state index < -0.39 is 40.6 Å². The molecular formula is C22H24F3N3O4. The molecule has 0 unspecified atom stereocenters. The second-order valence-corrected chi connectivity index (χ2v) is 7.83. The SMILES string of the molecule is CC(C)(C)OC(=O)NCCC(=O)NCc1cccc(NC(=O)c2ccc(F)c(F)c2F)c1. The number of hydrogen-bond acceptors (Lipinski definition) is 4. The maximum Gasteiger partial charge on any atom is 0.407 e. The molecule has 3 N–H and O–H groups in total. The van der Waals surface area contributed by atoms with Crippen molar-refractivity contribution in [2.24, 2.45) is 0 Å². The van der Waals surface area contributed by atoms with Gasteiger partial charge in [0.15, 0.2) is 17.5 Å². The number of rotatable bonds is 7. The van der Waals surface area contributed by atoms with Crippen LogP contribution in [0.15, 0.2) is 36.4 Å². The predicted octanol–water partition coefficient (Wildman–Crippen LogP) is 3.89. The average molecular weight is 451 g/mol. The molecule has 2 aromatic rings. The summed E-state index contributed by atoms with van der Waals surface area (Å²) < 4.78 is 45.2. The van der Waals surface area contributed by atoms with Crippen molar-refractivity contribution in [1.29, 1.82) is 0 Å². The van der Waals surface area contributed by atoms with E-state index in [0.717, 1.165) is 6.07 Å². The fourth-order valence-corrected chi connectivity index (χ4v) is 2.54. The lowest BCUT2D eigenvalue weighted by Gasteiger charge is -2.19. The van der Waals surface area contributed by atoms with Crippen LogP contribution in [-0.2, 0) is 16.1 Å². The third kappa shape index (κ3) is 7.60. The van der Waals surface area contributed by atoms with Gasteiger partial charge in [-0.1, -0.05) is 12.1 Å². The first kappa shape index (κ1) is 24.7. The number of halogens is 3. The van der Waals surface area contributed by atoms with Crippen molar-refractivity contribution in [3.05, 3.63) is 65.0 Å². The lowest BCUT2D eigenvalue weighted by molar-refractivity contribution is -0.121. The molecule has 0 aliphatic carbocycles. The summed E-state index contributed by atoms with van der Waals surface area (Å²) in [5.74, 6) is -5.96. The number of nitrogens with one attached hydrogen (secondary N) is 3. The summed E-state index contributed by atoms with van der Waals surface area (Å²) >= 11 is 0. The Kier molecular flexibility index (Phi) is 8.22. The smallest absolute Gasteiger partial charge is 0.407 e. The number of amides is 3. The Morgan fingerprint density at radius 2 is 1.69 bits per heavy atom. The molecule has 3 amide bonds. The average Bonchev–Trinajstić information content (AvgIpc) is 2.69. The number of hydrogen-bond donors (Lipinski definition) is 3. The van der Waals surface area contributed by atoms with Crippen molar-refractivity contribution in [2.45, 2.75) is 39.3 Å². The molecule has 0 saturated heterocycles. The van der Waals surface area contributed by atoms with E-state index in [0.29, 0.717) is 11.6 Å². The van der Waals surface area contributed by atoms with Gasteiger partial charge in [-0.3, -0.25) is 9.59 Å². The zero-order valence-corrected chi connectivity index (χ0v) is 17.9. The molecule has 0 spiro atoms. The molecule has 32 heavy (non-hydrogen) atoms. The third-order valence-corrected chi connectivity index (χ3v) is 3.97. The summed E-state index contributed by atoms with van der Waals surface area (Å²) in [5, 5.41) is 7.53. The van der Waals surface area contributed by atoms with Crippen LogP contribution in [-0.4, -0.2) is 30.1 Å². The fourth-order valence-electron chi connectivity index (χ4n) is 2.54. The van der Waals surface area contributed by atoms with Crippen LogP contribution < -0.4 is 16.0 Å². The van der Waals surface area contributed by atoms with Crippen molar-refractivity contribution >= 4 is 23.6 Å². The zero-order chi connectivity index (χ0) is 23.9. The molecule has 0 radical (unpaired) electrons. The first-order chi connectivity index (χ1) is 15.0. The number of ether oxygens (including phenoxy) is 1. The maximum absolute atomic E-state index is 13.8. The number of benzene rings is 2. The van der Waals surface area contributed by atoms with Crippen LogP contribution >= 0.6 is 0 Å². The van der Waals surface area contributed by atoms with Gasteiger partial charge in [-0.2, -0.15) is 0 Å². The minimum absolute atomic E-state index is 0.0328. The van der Waals surface area contributed by atoms with Gasteiger partial charge in [0, 0.05) is 25.2 Å². The summed E-state index contributed by atoms with van der Waals surface area (Å²) in [5.41, 5.74) is -0.372. The van der Waals surface area contributed by atoms with Crippen molar-refractivity contribution in [3.63, 3.8) is 0 Å². The van der Waals surface area contributed by atoms with Gasteiger partial charge in [-0.15, -0.1) is 0 Å². The Morgan fingerprint density at radius 3 is 2.38 bits per heavy atom. The first-order valence-corrected chi connectivity index (χ1v) is 9.73. The highest BCUT2D eigenvalue weighted by molar-refractivity contribution is 6.04. The number of carbonyl (C=O) groups is 3. The van der Waals surface area contributed by atoms with Gasteiger partial charge in [-0.25, -0.2) is 18.0 Å². The molecular weight excluding hydrogens is 427 g/mol. The van der Waals surface area contributed by atoms with Gasteiger partial charge in [0.05, 0.1) is 5.56 Å². The van der Waals surface area contributed by atoms with Crippen molar-refractivity contribution in [3.8, 4) is 0 Å².